The molecule has 5 heteroatoms. The molecule has 3 atom stereocenters. The summed E-state index contributed by atoms with van der Waals surface area (Å²) >= 11 is 0. The quantitative estimate of drug-likeness (QED) is 0.741. The minimum Gasteiger partial charge on any atom is -0.407 e. The number of hydrogen-bond acceptors (Lipinski definition) is 5. The van der Waals surface area contributed by atoms with E-state index in [9.17, 15) is 0 Å². The van der Waals surface area contributed by atoms with Crippen LogP contribution in [0.15, 0.2) is 4.42 Å². The van der Waals surface area contributed by atoms with E-state index in [0.29, 0.717) is 18.5 Å². The number of nitrogens with one attached hydrogen (secondary N) is 2. The van der Waals surface area contributed by atoms with Crippen LogP contribution in [-0.4, -0.2) is 23.3 Å². The van der Waals surface area contributed by atoms with E-state index in [0.717, 1.165) is 37.3 Å². The third kappa shape index (κ3) is 3.08. The lowest BCUT2D eigenvalue weighted by Gasteiger charge is -2.21. The number of aromatic nitrogens is 2. The SMILES string of the molecule is CCCNCc1nnc(NCC2CC3CCC2C3)o1. The maximum Gasteiger partial charge on any atom is 0.315 e. The summed E-state index contributed by atoms with van der Waals surface area (Å²) in [5, 5.41) is 14.7. The molecule has 2 fully saturated rings. The van der Waals surface area contributed by atoms with Crippen molar-refractivity contribution >= 4 is 6.01 Å². The molecule has 0 amide bonds. The average Bonchev–Trinajstić information content (AvgIpc) is 3.13. The maximum absolute atomic E-state index is 5.57. The third-order valence-electron chi connectivity index (χ3n) is 4.57. The first-order valence-corrected chi connectivity index (χ1v) is 7.62. The van der Waals surface area contributed by atoms with Crippen LogP contribution < -0.4 is 10.6 Å². The van der Waals surface area contributed by atoms with Crippen molar-refractivity contribution in [2.45, 2.75) is 45.6 Å². The smallest absolute Gasteiger partial charge is 0.315 e. The second-order valence-corrected chi connectivity index (χ2v) is 5.99. The Morgan fingerprint density at radius 3 is 2.95 bits per heavy atom. The van der Waals surface area contributed by atoms with Crippen molar-refractivity contribution < 1.29 is 4.42 Å². The molecule has 0 aliphatic heterocycles. The first-order chi connectivity index (χ1) is 9.35. The normalized spacial score (nSPS) is 29.0. The van der Waals surface area contributed by atoms with Gasteiger partial charge < -0.3 is 15.1 Å². The molecule has 0 radical (unpaired) electrons. The van der Waals surface area contributed by atoms with Gasteiger partial charge in [-0.3, -0.25) is 0 Å². The van der Waals surface area contributed by atoms with Gasteiger partial charge in [-0.1, -0.05) is 18.4 Å². The molecule has 1 heterocycles. The molecule has 19 heavy (non-hydrogen) atoms. The van der Waals surface area contributed by atoms with Crippen molar-refractivity contribution in [3.63, 3.8) is 0 Å². The average molecular weight is 264 g/mol. The van der Waals surface area contributed by atoms with Gasteiger partial charge in [0.25, 0.3) is 0 Å². The Morgan fingerprint density at radius 2 is 2.21 bits per heavy atom. The number of anilines is 1. The minimum absolute atomic E-state index is 0.580. The van der Waals surface area contributed by atoms with Crippen LogP contribution in [0.4, 0.5) is 6.01 Å². The molecular formula is C14H24N4O. The van der Waals surface area contributed by atoms with Crippen molar-refractivity contribution in [3.8, 4) is 0 Å². The molecule has 2 aliphatic rings. The van der Waals surface area contributed by atoms with E-state index in [-0.39, 0.29) is 0 Å². The molecule has 0 aromatic carbocycles. The Labute approximate surface area is 114 Å². The van der Waals surface area contributed by atoms with E-state index >= 15 is 0 Å². The highest BCUT2D eigenvalue weighted by Gasteiger charge is 2.39. The Hall–Kier alpha value is -1.10. The van der Waals surface area contributed by atoms with E-state index in [1.54, 1.807) is 0 Å². The summed E-state index contributed by atoms with van der Waals surface area (Å²) in [6.45, 7) is 4.78. The van der Waals surface area contributed by atoms with Gasteiger partial charge in [0.15, 0.2) is 0 Å². The van der Waals surface area contributed by atoms with E-state index in [1.807, 2.05) is 0 Å². The van der Waals surface area contributed by atoms with Gasteiger partial charge >= 0.3 is 6.01 Å². The van der Waals surface area contributed by atoms with Crippen LogP contribution in [0.5, 0.6) is 0 Å². The number of fused-ring (bicyclic) bond motifs is 2. The topological polar surface area (TPSA) is 63.0 Å². The predicted octanol–water partition coefficient (Wildman–Crippen LogP) is 2.42. The summed E-state index contributed by atoms with van der Waals surface area (Å²) in [5.74, 6) is 3.41. The Bertz CT molecular complexity index is 406. The fraction of sp³-hybridized carbons (Fsp3) is 0.857. The summed E-state index contributed by atoms with van der Waals surface area (Å²) in [7, 11) is 0. The highest BCUT2D eigenvalue weighted by molar-refractivity contribution is 5.17. The fourth-order valence-corrected chi connectivity index (χ4v) is 3.61. The maximum atomic E-state index is 5.57. The minimum atomic E-state index is 0.580. The lowest BCUT2D eigenvalue weighted by molar-refractivity contribution is 0.345. The Kier molecular flexibility index (Phi) is 4.01. The Balaban J connectivity index is 1.43. The molecular weight excluding hydrogens is 240 g/mol. The van der Waals surface area contributed by atoms with Gasteiger partial charge in [0, 0.05) is 6.54 Å². The van der Waals surface area contributed by atoms with E-state index in [2.05, 4.69) is 27.8 Å². The number of hydrogen-bond donors (Lipinski definition) is 2. The standard InChI is InChI=1S/C14H24N4O/c1-2-5-15-9-13-17-18-14(19-13)16-8-12-7-10-3-4-11(12)6-10/h10-12,15H,2-9H2,1H3,(H,16,18). The van der Waals surface area contributed by atoms with E-state index in [4.69, 9.17) is 4.42 Å². The molecule has 3 unspecified atom stereocenters. The zero-order valence-electron chi connectivity index (χ0n) is 11.7. The van der Waals surface area contributed by atoms with E-state index < -0.39 is 0 Å². The Morgan fingerprint density at radius 1 is 1.26 bits per heavy atom. The lowest BCUT2D eigenvalue weighted by Crippen LogP contribution is -2.20. The molecule has 2 N–H and O–H groups in total. The highest BCUT2D eigenvalue weighted by Crippen LogP contribution is 2.48. The first kappa shape index (κ1) is 12.9. The summed E-state index contributed by atoms with van der Waals surface area (Å²) in [4.78, 5) is 0. The first-order valence-electron chi connectivity index (χ1n) is 7.62. The van der Waals surface area contributed by atoms with Gasteiger partial charge in [-0.2, -0.15) is 0 Å². The molecule has 2 aliphatic carbocycles. The number of nitrogens with zero attached hydrogens (tertiary/aromatic N) is 2. The molecule has 0 saturated heterocycles. The molecule has 106 valence electrons. The zero-order valence-corrected chi connectivity index (χ0v) is 11.7. The van der Waals surface area contributed by atoms with Crippen LogP contribution in [0.25, 0.3) is 0 Å². The summed E-state index contributed by atoms with van der Waals surface area (Å²) < 4.78 is 5.57. The molecule has 2 saturated carbocycles. The molecule has 5 nitrogen and oxygen atoms in total. The highest BCUT2D eigenvalue weighted by atomic mass is 16.4. The number of rotatable bonds is 7. The van der Waals surface area contributed by atoms with Gasteiger partial charge in [0.2, 0.25) is 5.89 Å². The monoisotopic (exact) mass is 264 g/mol. The van der Waals surface area contributed by atoms with Crippen molar-refractivity contribution in [1.82, 2.24) is 15.5 Å². The summed E-state index contributed by atoms with van der Waals surface area (Å²) in [5.41, 5.74) is 0. The van der Waals surface area contributed by atoms with Crippen molar-refractivity contribution in [3.05, 3.63) is 5.89 Å². The molecule has 0 spiro atoms. The van der Waals surface area contributed by atoms with Crippen molar-refractivity contribution in [1.29, 1.82) is 0 Å². The second-order valence-electron chi connectivity index (χ2n) is 5.99. The molecule has 3 rings (SSSR count). The van der Waals surface area contributed by atoms with Gasteiger partial charge in [-0.05, 0) is 50.0 Å². The fourth-order valence-electron chi connectivity index (χ4n) is 3.61. The predicted molar refractivity (Wildman–Crippen MR) is 73.7 cm³/mol. The van der Waals surface area contributed by atoms with Crippen molar-refractivity contribution in [2.24, 2.45) is 17.8 Å². The van der Waals surface area contributed by atoms with E-state index in [1.165, 1.54) is 25.7 Å². The van der Waals surface area contributed by atoms with Crippen LogP contribution in [0, 0.1) is 17.8 Å². The van der Waals surface area contributed by atoms with Gasteiger partial charge in [0.05, 0.1) is 6.54 Å². The van der Waals surface area contributed by atoms with Crippen LogP contribution in [0.3, 0.4) is 0 Å². The summed E-state index contributed by atoms with van der Waals surface area (Å²) in [6.07, 6.45) is 6.82. The van der Waals surface area contributed by atoms with Gasteiger partial charge in [0.1, 0.15) is 0 Å². The lowest BCUT2D eigenvalue weighted by atomic mass is 9.89. The largest absolute Gasteiger partial charge is 0.407 e. The third-order valence-corrected chi connectivity index (χ3v) is 4.57. The molecule has 2 bridgehead atoms. The second kappa shape index (κ2) is 5.90. The van der Waals surface area contributed by atoms with Gasteiger partial charge in [-0.15, -0.1) is 5.10 Å². The van der Waals surface area contributed by atoms with Gasteiger partial charge in [-0.25, -0.2) is 0 Å². The van der Waals surface area contributed by atoms with Crippen LogP contribution in [-0.2, 0) is 6.54 Å². The van der Waals surface area contributed by atoms with Crippen LogP contribution in [0.1, 0.15) is 44.9 Å². The molecule has 1 aromatic heterocycles. The van der Waals surface area contributed by atoms with Crippen LogP contribution >= 0.6 is 0 Å². The van der Waals surface area contributed by atoms with Crippen LogP contribution in [0.2, 0.25) is 0 Å². The molecule has 1 aromatic rings. The zero-order chi connectivity index (χ0) is 13.1. The summed E-state index contributed by atoms with van der Waals surface area (Å²) in [6, 6.07) is 0.580. The van der Waals surface area contributed by atoms with Crippen molar-refractivity contribution in [2.75, 3.05) is 18.4 Å².